The Morgan fingerprint density at radius 2 is 2.15 bits per heavy atom. The van der Waals surface area contributed by atoms with Crippen LogP contribution in [0, 0.1) is 5.92 Å². The molecule has 1 aliphatic rings. The molecule has 1 aromatic carbocycles. The molecule has 1 N–H and O–H groups in total. The van der Waals surface area contributed by atoms with Crippen LogP contribution >= 0.6 is 0 Å². The fourth-order valence-corrected chi connectivity index (χ4v) is 3.52. The highest BCUT2D eigenvalue weighted by Crippen LogP contribution is 2.34. The number of piperidine rings is 1. The van der Waals surface area contributed by atoms with Gasteiger partial charge in [-0.05, 0) is 43.8 Å². The fourth-order valence-electron chi connectivity index (χ4n) is 3.52. The molecule has 0 saturated carbocycles. The zero-order valence-corrected chi connectivity index (χ0v) is 12.5. The van der Waals surface area contributed by atoms with E-state index in [9.17, 15) is 5.11 Å². The molecule has 2 heteroatoms. The molecule has 0 aromatic heterocycles. The fraction of sp³-hybridized carbons (Fsp3) is 0.556. The molecule has 110 valence electrons. The molecule has 0 spiro atoms. The van der Waals surface area contributed by atoms with Crippen molar-refractivity contribution in [3.05, 3.63) is 48.6 Å². The van der Waals surface area contributed by atoms with Crippen LogP contribution in [0.15, 0.2) is 43.0 Å². The van der Waals surface area contributed by atoms with Gasteiger partial charge in [-0.15, -0.1) is 6.58 Å². The van der Waals surface area contributed by atoms with Crippen molar-refractivity contribution in [3.8, 4) is 0 Å². The second-order valence-corrected chi connectivity index (χ2v) is 5.77. The molecule has 1 aromatic rings. The molecule has 0 amide bonds. The third-order valence-electron chi connectivity index (χ3n) is 4.66. The molecular formula is C18H27NO. The van der Waals surface area contributed by atoms with E-state index in [0.717, 1.165) is 19.5 Å². The van der Waals surface area contributed by atoms with E-state index in [1.165, 1.54) is 18.4 Å². The average Bonchev–Trinajstić information content (AvgIpc) is 2.50. The van der Waals surface area contributed by atoms with Crippen molar-refractivity contribution in [2.75, 3.05) is 19.7 Å². The number of likely N-dealkylation sites (tertiary alicyclic amines) is 1. The Morgan fingerprint density at radius 1 is 1.40 bits per heavy atom. The largest absolute Gasteiger partial charge is 0.396 e. The minimum atomic E-state index is 0.313. The molecule has 0 bridgehead atoms. The summed E-state index contributed by atoms with van der Waals surface area (Å²) in [5.41, 5.74) is 1.36. The van der Waals surface area contributed by atoms with Gasteiger partial charge in [0.15, 0.2) is 0 Å². The molecule has 2 nitrogen and oxygen atoms in total. The third-order valence-corrected chi connectivity index (χ3v) is 4.66. The van der Waals surface area contributed by atoms with E-state index in [-0.39, 0.29) is 0 Å². The summed E-state index contributed by atoms with van der Waals surface area (Å²) in [4.78, 5) is 2.58. The molecule has 1 saturated heterocycles. The highest BCUT2D eigenvalue weighted by Gasteiger charge is 2.32. The SMILES string of the molecule is C=CC(c1ccccc1)C1CC(CCO)CCN1CC. The molecule has 1 heterocycles. The van der Waals surface area contributed by atoms with E-state index in [1.807, 2.05) is 0 Å². The maximum Gasteiger partial charge on any atom is 0.0433 e. The summed E-state index contributed by atoms with van der Waals surface area (Å²) in [5, 5.41) is 9.21. The van der Waals surface area contributed by atoms with Crippen molar-refractivity contribution in [2.24, 2.45) is 5.92 Å². The maximum absolute atomic E-state index is 9.21. The summed E-state index contributed by atoms with van der Waals surface area (Å²) < 4.78 is 0. The van der Waals surface area contributed by atoms with Gasteiger partial charge in [0.2, 0.25) is 0 Å². The Bertz CT molecular complexity index is 403. The Labute approximate surface area is 123 Å². The highest BCUT2D eigenvalue weighted by molar-refractivity contribution is 5.25. The first-order valence-corrected chi connectivity index (χ1v) is 7.82. The number of rotatable bonds is 6. The summed E-state index contributed by atoms with van der Waals surface area (Å²) in [6, 6.07) is 11.2. The van der Waals surface area contributed by atoms with Crippen molar-refractivity contribution < 1.29 is 5.11 Å². The number of nitrogens with zero attached hydrogens (tertiary/aromatic N) is 1. The van der Waals surface area contributed by atoms with E-state index in [2.05, 4.69) is 54.8 Å². The summed E-state index contributed by atoms with van der Waals surface area (Å²) in [6.45, 7) is 8.86. The van der Waals surface area contributed by atoms with Crippen molar-refractivity contribution in [3.63, 3.8) is 0 Å². The lowest BCUT2D eigenvalue weighted by Crippen LogP contribution is -2.45. The number of aliphatic hydroxyl groups excluding tert-OH is 1. The Hall–Kier alpha value is -1.12. The number of aliphatic hydroxyl groups is 1. The molecule has 1 fully saturated rings. The molecular weight excluding hydrogens is 246 g/mol. The Morgan fingerprint density at radius 3 is 2.75 bits per heavy atom. The summed E-state index contributed by atoms with van der Waals surface area (Å²) in [5.74, 6) is 1.04. The van der Waals surface area contributed by atoms with Gasteiger partial charge in [-0.2, -0.15) is 0 Å². The van der Waals surface area contributed by atoms with Gasteiger partial charge in [-0.25, -0.2) is 0 Å². The van der Waals surface area contributed by atoms with Crippen molar-refractivity contribution in [2.45, 2.75) is 38.1 Å². The monoisotopic (exact) mass is 273 g/mol. The highest BCUT2D eigenvalue weighted by atomic mass is 16.3. The Balaban J connectivity index is 2.17. The quantitative estimate of drug-likeness (QED) is 0.803. The van der Waals surface area contributed by atoms with Crippen LogP contribution in [0.1, 0.15) is 37.7 Å². The summed E-state index contributed by atoms with van der Waals surface area (Å²) in [6.07, 6.45) is 5.42. The van der Waals surface area contributed by atoms with Crippen LogP contribution in [0.4, 0.5) is 0 Å². The van der Waals surface area contributed by atoms with Crippen LogP contribution in [-0.2, 0) is 0 Å². The second-order valence-electron chi connectivity index (χ2n) is 5.77. The molecule has 2 rings (SSSR count). The standard InChI is InChI=1S/C18H27NO/c1-3-17(16-8-6-5-7-9-16)18-14-15(11-13-20)10-12-19(18)4-2/h3,5-9,15,17-18,20H,1,4,10-14H2,2H3. The lowest BCUT2D eigenvalue weighted by Gasteiger charge is -2.42. The molecule has 20 heavy (non-hydrogen) atoms. The minimum absolute atomic E-state index is 0.313. The molecule has 0 aliphatic carbocycles. The normalized spacial score (nSPS) is 25.3. The van der Waals surface area contributed by atoms with Crippen LogP contribution in [-0.4, -0.2) is 35.7 Å². The van der Waals surface area contributed by atoms with Crippen LogP contribution in [0.25, 0.3) is 0 Å². The second kappa shape index (κ2) is 7.61. The van der Waals surface area contributed by atoms with Gasteiger partial charge in [-0.1, -0.05) is 43.3 Å². The van der Waals surface area contributed by atoms with Gasteiger partial charge >= 0.3 is 0 Å². The predicted molar refractivity (Wildman–Crippen MR) is 84.8 cm³/mol. The lowest BCUT2D eigenvalue weighted by molar-refractivity contribution is 0.0948. The zero-order chi connectivity index (χ0) is 14.4. The van der Waals surface area contributed by atoms with Gasteiger partial charge in [0.1, 0.15) is 0 Å². The minimum Gasteiger partial charge on any atom is -0.396 e. The van der Waals surface area contributed by atoms with Crippen LogP contribution in [0.3, 0.4) is 0 Å². The Kier molecular flexibility index (Phi) is 5.81. The van der Waals surface area contributed by atoms with Crippen LogP contribution in [0.5, 0.6) is 0 Å². The first kappa shape index (κ1) is 15.3. The first-order valence-electron chi connectivity index (χ1n) is 7.82. The van der Waals surface area contributed by atoms with E-state index < -0.39 is 0 Å². The lowest BCUT2D eigenvalue weighted by atomic mass is 9.80. The van der Waals surface area contributed by atoms with Gasteiger partial charge in [0, 0.05) is 18.6 Å². The van der Waals surface area contributed by atoms with Crippen LogP contribution in [0.2, 0.25) is 0 Å². The smallest absolute Gasteiger partial charge is 0.0433 e. The maximum atomic E-state index is 9.21. The summed E-state index contributed by atoms with van der Waals surface area (Å²) in [7, 11) is 0. The molecule has 3 unspecified atom stereocenters. The average molecular weight is 273 g/mol. The number of likely N-dealkylation sites (N-methyl/N-ethyl adjacent to an activating group) is 1. The van der Waals surface area contributed by atoms with Crippen molar-refractivity contribution in [1.29, 1.82) is 0 Å². The molecule has 3 atom stereocenters. The van der Waals surface area contributed by atoms with Crippen molar-refractivity contribution >= 4 is 0 Å². The van der Waals surface area contributed by atoms with E-state index in [1.54, 1.807) is 0 Å². The third kappa shape index (κ3) is 3.50. The topological polar surface area (TPSA) is 23.5 Å². The van der Waals surface area contributed by atoms with Crippen LogP contribution < -0.4 is 0 Å². The van der Waals surface area contributed by atoms with E-state index in [0.29, 0.717) is 24.5 Å². The van der Waals surface area contributed by atoms with Gasteiger partial charge in [0.05, 0.1) is 0 Å². The number of hydrogen-bond acceptors (Lipinski definition) is 2. The van der Waals surface area contributed by atoms with E-state index >= 15 is 0 Å². The van der Waals surface area contributed by atoms with Gasteiger partial charge in [-0.3, -0.25) is 4.90 Å². The zero-order valence-electron chi connectivity index (χ0n) is 12.5. The number of hydrogen-bond donors (Lipinski definition) is 1. The molecule has 0 radical (unpaired) electrons. The summed E-state index contributed by atoms with van der Waals surface area (Å²) >= 11 is 0. The first-order chi connectivity index (χ1) is 9.80. The number of benzene rings is 1. The van der Waals surface area contributed by atoms with Gasteiger partial charge in [0.25, 0.3) is 0 Å². The van der Waals surface area contributed by atoms with Gasteiger partial charge < -0.3 is 5.11 Å². The van der Waals surface area contributed by atoms with Crippen molar-refractivity contribution in [1.82, 2.24) is 4.90 Å². The predicted octanol–water partition coefficient (Wildman–Crippen LogP) is 3.44. The van der Waals surface area contributed by atoms with E-state index in [4.69, 9.17) is 0 Å². The molecule has 1 aliphatic heterocycles.